The Hall–Kier alpha value is -3.91. The Bertz CT molecular complexity index is 1540. The summed E-state index contributed by atoms with van der Waals surface area (Å²) >= 11 is 6.00. The van der Waals surface area contributed by atoms with Crippen molar-refractivity contribution in [2.24, 2.45) is 0 Å². The fraction of sp³-hybridized carbons (Fsp3) is 0.130. The molecule has 1 aliphatic heterocycles. The minimum absolute atomic E-state index is 0.240. The summed E-state index contributed by atoms with van der Waals surface area (Å²) < 4.78 is 14.4. The molecule has 0 radical (unpaired) electrons. The van der Waals surface area contributed by atoms with Gasteiger partial charge in [-0.1, -0.05) is 29.8 Å². The molecular formula is C23H16ClN5O3. The van der Waals surface area contributed by atoms with Crippen LogP contribution >= 0.6 is 11.6 Å². The lowest BCUT2D eigenvalue weighted by atomic mass is 10.1. The van der Waals surface area contributed by atoms with Gasteiger partial charge in [0.2, 0.25) is 0 Å². The number of ether oxygens (including phenoxy) is 2. The Balaban J connectivity index is 1.40. The van der Waals surface area contributed by atoms with E-state index in [1.54, 1.807) is 21.5 Å². The molecule has 0 unspecified atom stereocenters. The molecule has 3 aromatic heterocycles. The van der Waals surface area contributed by atoms with Crippen molar-refractivity contribution in [3.05, 3.63) is 81.9 Å². The van der Waals surface area contributed by atoms with Crippen LogP contribution in [0.5, 0.6) is 11.5 Å². The van der Waals surface area contributed by atoms with Crippen LogP contribution in [-0.2, 0) is 6.54 Å². The first-order chi connectivity index (χ1) is 15.7. The van der Waals surface area contributed by atoms with E-state index < -0.39 is 0 Å². The van der Waals surface area contributed by atoms with Gasteiger partial charge in [0, 0.05) is 16.8 Å². The number of hydrogen-bond donors (Lipinski definition) is 0. The fourth-order valence-corrected chi connectivity index (χ4v) is 4.00. The average molecular weight is 446 g/mol. The van der Waals surface area contributed by atoms with E-state index in [-0.39, 0.29) is 11.1 Å². The summed E-state index contributed by atoms with van der Waals surface area (Å²) in [5.41, 5.74) is 3.84. The highest BCUT2D eigenvalue weighted by atomic mass is 35.5. The molecule has 8 nitrogen and oxygen atoms in total. The van der Waals surface area contributed by atoms with Crippen molar-refractivity contribution in [2.75, 3.05) is 13.2 Å². The van der Waals surface area contributed by atoms with Crippen LogP contribution in [-0.4, -0.2) is 37.6 Å². The third-order valence-corrected chi connectivity index (χ3v) is 5.70. The van der Waals surface area contributed by atoms with E-state index in [0.29, 0.717) is 47.4 Å². The number of nitrogens with zero attached hydrogens (tertiary/aromatic N) is 5. The van der Waals surface area contributed by atoms with Gasteiger partial charge in [-0.15, -0.1) is 10.2 Å². The van der Waals surface area contributed by atoms with Crippen LogP contribution in [0.3, 0.4) is 0 Å². The van der Waals surface area contributed by atoms with Gasteiger partial charge in [0.1, 0.15) is 18.7 Å². The number of rotatable bonds is 3. The number of fused-ring (bicyclic) bond motifs is 4. The van der Waals surface area contributed by atoms with Gasteiger partial charge in [-0.2, -0.15) is 5.10 Å². The first kappa shape index (κ1) is 18.8. The minimum atomic E-state index is -0.240. The van der Waals surface area contributed by atoms with Crippen molar-refractivity contribution in [3.8, 4) is 22.6 Å². The Kier molecular flexibility index (Phi) is 4.32. The lowest BCUT2D eigenvalue weighted by molar-refractivity contribution is 0.171. The van der Waals surface area contributed by atoms with Crippen molar-refractivity contribution in [2.45, 2.75) is 6.54 Å². The smallest absolute Gasteiger partial charge is 0.280 e. The van der Waals surface area contributed by atoms with Gasteiger partial charge in [-0.05, 0) is 41.5 Å². The molecule has 0 fully saturated rings. The highest BCUT2D eigenvalue weighted by Crippen LogP contribution is 2.31. The summed E-state index contributed by atoms with van der Waals surface area (Å²) in [5, 5.41) is 13.6. The summed E-state index contributed by atoms with van der Waals surface area (Å²) in [7, 11) is 0. The number of benzene rings is 2. The van der Waals surface area contributed by atoms with E-state index in [2.05, 4.69) is 15.3 Å². The van der Waals surface area contributed by atoms with E-state index in [1.165, 1.54) is 0 Å². The SMILES string of the molecule is O=c1c2nnc3c(-c4ccc(Cl)cc4)cnn3c2ccn1Cc1ccc2c(c1)OCCO2. The summed E-state index contributed by atoms with van der Waals surface area (Å²) in [6.07, 6.45) is 3.46. The zero-order chi connectivity index (χ0) is 21.7. The molecule has 9 heteroatoms. The van der Waals surface area contributed by atoms with Crippen molar-refractivity contribution in [1.29, 1.82) is 0 Å². The summed E-state index contributed by atoms with van der Waals surface area (Å²) in [5.74, 6) is 1.41. The zero-order valence-electron chi connectivity index (χ0n) is 16.7. The maximum atomic E-state index is 13.1. The molecular weight excluding hydrogens is 430 g/mol. The first-order valence-corrected chi connectivity index (χ1v) is 10.4. The monoisotopic (exact) mass is 445 g/mol. The maximum Gasteiger partial charge on any atom is 0.280 e. The maximum absolute atomic E-state index is 13.1. The Morgan fingerprint density at radius 3 is 2.62 bits per heavy atom. The van der Waals surface area contributed by atoms with Crippen molar-refractivity contribution < 1.29 is 9.47 Å². The van der Waals surface area contributed by atoms with Gasteiger partial charge in [0.05, 0.1) is 12.7 Å². The molecule has 2 aromatic carbocycles. The second-order valence-corrected chi connectivity index (χ2v) is 7.90. The van der Waals surface area contributed by atoms with Crippen LogP contribution in [0.4, 0.5) is 0 Å². The Labute approximate surface area is 186 Å². The van der Waals surface area contributed by atoms with Crippen LogP contribution in [0.1, 0.15) is 5.56 Å². The molecule has 0 bridgehead atoms. The van der Waals surface area contributed by atoms with Crippen molar-refractivity contribution >= 4 is 28.3 Å². The molecule has 0 saturated heterocycles. The van der Waals surface area contributed by atoms with E-state index in [9.17, 15) is 4.79 Å². The molecule has 0 atom stereocenters. The van der Waals surface area contributed by atoms with Gasteiger partial charge in [-0.3, -0.25) is 4.79 Å². The molecule has 0 saturated carbocycles. The molecule has 4 heterocycles. The van der Waals surface area contributed by atoms with E-state index in [0.717, 1.165) is 16.7 Å². The topological polar surface area (TPSA) is 83.5 Å². The molecule has 0 aliphatic carbocycles. The number of pyridine rings is 1. The second-order valence-electron chi connectivity index (χ2n) is 7.46. The lowest BCUT2D eigenvalue weighted by Crippen LogP contribution is -2.22. The van der Waals surface area contributed by atoms with Gasteiger partial charge < -0.3 is 14.0 Å². The fourth-order valence-electron chi connectivity index (χ4n) is 3.87. The van der Waals surface area contributed by atoms with Gasteiger partial charge >= 0.3 is 0 Å². The van der Waals surface area contributed by atoms with E-state index in [1.807, 2.05) is 48.5 Å². The quantitative estimate of drug-likeness (QED) is 0.422. The standard InChI is InChI=1S/C23H16ClN5O3/c24-16-4-2-15(3-5-16)17-12-25-29-18-7-8-28(23(30)21(18)26-27-22(17)29)13-14-1-6-19-20(11-14)32-10-9-31-19/h1-8,11-12H,9-10,13H2. The predicted octanol–water partition coefficient (Wildman–Crippen LogP) is 3.58. The van der Waals surface area contributed by atoms with Crippen molar-refractivity contribution in [3.63, 3.8) is 0 Å². The average Bonchev–Trinajstić information content (AvgIpc) is 3.26. The van der Waals surface area contributed by atoms with Crippen LogP contribution in [0.2, 0.25) is 5.02 Å². The third kappa shape index (κ3) is 3.07. The predicted molar refractivity (Wildman–Crippen MR) is 120 cm³/mol. The van der Waals surface area contributed by atoms with E-state index in [4.69, 9.17) is 21.1 Å². The summed E-state index contributed by atoms with van der Waals surface area (Å²) in [6, 6.07) is 14.9. The highest BCUT2D eigenvalue weighted by Gasteiger charge is 2.16. The number of halogens is 1. The molecule has 1 aliphatic rings. The highest BCUT2D eigenvalue weighted by molar-refractivity contribution is 6.30. The molecule has 0 amide bonds. The first-order valence-electron chi connectivity index (χ1n) is 10.1. The molecule has 158 valence electrons. The Morgan fingerprint density at radius 1 is 0.969 bits per heavy atom. The summed E-state index contributed by atoms with van der Waals surface area (Å²) in [4.78, 5) is 13.1. The van der Waals surface area contributed by atoms with Crippen LogP contribution in [0, 0.1) is 0 Å². The zero-order valence-corrected chi connectivity index (χ0v) is 17.5. The normalized spacial score (nSPS) is 13.0. The Morgan fingerprint density at radius 2 is 1.78 bits per heavy atom. The largest absolute Gasteiger partial charge is 0.486 e. The third-order valence-electron chi connectivity index (χ3n) is 5.45. The molecule has 5 aromatic rings. The lowest BCUT2D eigenvalue weighted by Gasteiger charge is -2.19. The van der Waals surface area contributed by atoms with Crippen LogP contribution < -0.4 is 15.0 Å². The van der Waals surface area contributed by atoms with Gasteiger partial charge in [0.25, 0.3) is 5.56 Å². The van der Waals surface area contributed by atoms with E-state index >= 15 is 0 Å². The second kappa shape index (κ2) is 7.35. The van der Waals surface area contributed by atoms with Gasteiger partial charge in [-0.25, -0.2) is 4.52 Å². The molecule has 32 heavy (non-hydrogen) atoms. The van der Waals surface area contributed by atoms with Crippen LogP contribution in [0.15, 0.2) is 65.7 Å². The van der Waals surface area contributed by atoms with Gasteiger partial charge in [0.15, 0.2) is 22.7 Å². The minimum Gasteiger partial charge on any atom is -0.486 e. The van der Waals surface area contributed by atoms with Crippen molar-refractivity contribution in [1.82, 2.24) is 24.4 Å². The molecule has 0 N–H and O–H groups in total. The summed E-state index contributed by atoms with van der Waals surface area (Å²) in [6.45, 7) is 1.43. The molecule has 0 spiro atoms. The number of hydrogen-bond acceptors (Lipinski definition) is 6. The molecule has 6 rings (SSSR count). The van der Waals surface area contributed by atoms with Crippen LogP contribution in [0.25, 0.3) is 27.8 Å². The number of aromatic nitrogens is 5.